The Morgan fingerprint density at radius 3 is 2.92 bits per heavy atom. The van der Waals surface area contributed by atoms with E-state index in [0.717, 1.165) is 45.4 Å². The second kappa shape index (κ2) is 8.97. The molecule has 1 aromatic rings. The zero-order valence-corrected chi connectivity index (χ0v) is 16.3. The molecule has 0 radical (unpaired) electrons. The lowest BCUT2D eigenvalue weighted by Crippen LogP contribution is -2.43. The van der Waals surface area contributed by atoms with Crippen molar-refractivity contribution < 1.29 is 14.3 Å². The second-order valence-corrected chi connectivity index (χ2v) is 7.70. The summed E-state index contributed by atoms with van der Waals surface area (Å²) in [6, 6.07) is 0.306. The molecule has 0 unspecified atom stereocenters. The van der Waals surface area contributed by atoms with Gasteiger partial charge in [-0.2, -0.15) is 5.10 Å². The zero-order valence-electron chi connectivity index (χ0n) is 16.3. The van der Waals surface area contributed by atoms with Gasteiger partial charge in [-0.25, -0.2) is 0 Å². The average molecular weight is 364 g/mol. The number of hydrogen-bond donors (Lipinski definition) is 0. The lowest BCUT2D eigenvalue weighted by atomic mass is 9.86. The molecule has 3 atom stereocenters. The third-order valence-corrected chi connectivity index (χ3v) is 5.56. The van der Waals surface area contributed by atoms with Crippen molar-refractivity contribution in [1.82, 2.24) is 19.6 Å². The van der Waals surface area contributed by atoms with Crippen LogP contribution in [0.1, 0.15) is 37.3 Å². The molecule has 3 rings (SSSR count). The minimum atomic E-state index is 0.0427. The van der Waals surface area contributed by atoms with Crippen LogP contribution in [0.3, 0.4) is 0 Å². The first kappa shape index (κ1) is 19.3. The van der Waals surface area contributed by atoms with Crippen molar-refractivity contribution in [1.29, 1.82) is 0 Å². The van der Waals surface area contributed by atoms with Gasteiger partial charge in [-0.15, -0.1) is 0 Å². The van der Waals surface area contributed by atoms with Crippen LogP contribution in [0, 0.1) is 5.92 Å². The number of carbonyl (C=O) groups excluding carboxylic acids is 1. The van der Waals surface area contributed by atoms with Gasteiger partial charge >= 0.3 is 0 Å². The van der Waals surface area contributed by atoms with Crippen LogP contribution < -0.4 is 0 Å². The van der Waals surface area contributed by atoms with Crippen molar-refractivity contribution in [3.63, 3.8) is 0 Å². The molecule has 0 spiro atoms. The Kier molecular flexibility index (Phi) is 6.67. The number of aromatic nitrogens is 2. The van der Waals surface area contributed by atoms with E-state index < -0.39 is 0 Å². The van der Waals surface area contributed by atoms with E-state index in [-0.39, 0.29) is 18.6 Å². The molecule has 2 fully saturated rings. The lowest BCUT2D eigenvalue weighted by Gasteiger charge is -2.40. The van der Waals surface area contributed by atoms with E-state index in [2.05, 4.69) is 23.2 Å². The van der Waals surface area contributed by atoms with Crippen LogP contribution in [-0.4, -0.2) is 78.6 Å². The molecule has 7 heteroatoms. The standard InChI is InChI=1S/C19H32N4O3/c1-21-8-4-6-15(19(21)16-10-20-23(3)12-16)11-22(2)18(24)14-25-13-17-7-5-9-26-17/h10,12,15,17,19H,4-9,11,13-14H2,1-3H3/t15-,17-,19+/m0/s1. The Morgan fingerprint density at radius 1 is 1.38 bits per heavy atom. The first-order chi connectivity index (χ1) is 12.5. The Labute approximate surface area is 156 Å². The predicted molar refractivity (Wildman–Crippen MR) is 98.7 cm³/mol. The molecule has 146 valence electrons. The highest BCUT2D eigenvalue weighted by Gasteiger charge is 2.32. The third-order valence-electron chi connectivity index (χ3n) is 5.56. The molecule has 0 N–H and O–H groups in total. The number of piperidine rings is 1. The maximum atomic E-state index is 12.4. The maximum absolute atomic E-state index is 12.4. The molecular formula is C19H32N4O3. The third kappa shape index (κ3) is 4.84. The molecular weight excluding hydrogens is 332 g/mol. The van der Waals surface area contributed by atoms with Crippen molar-refractivity contribution >= 4 is 5.91 Å². The number of carbonyl (C=O) groups is 1. The van der Waals surface area contributed by atoms with Gasteiger partial charge in [-0.1, -0.05) is 0 Å². The summed E-state index contributed by atoms with van der Waals surface area (Å²) in [6.07, 6.45) is 8.61. The number of amides is 1. The molecule has 7 nitrogen and oxygen atoms in total. The van der Waals surface area contributed by atoms with Crippen molar-refractivity contribution in [3.8, 4) is 0 Å². The Bertz CT molecular complexity index is 585. The molecule has 1 aromatic heterocycles. The maximum Gasteiger partial charge on any atom is 0.248 e. The van der Waals surface area contributed by atoms with E-state index in [1.165, 1.54) is 5.56 Å². The van der Waals surface area contributed by atoms with Gasteiger partial charge in [0, 0.05) is 45.0 Å². The van der Waals surface area contributed by atoms with Crippen LogP contribution >= 0.6 is 0 Å². The fourth-order valence-electron chi connectivity index (χ4n) is 4.19. The fraction of sp³-hybridized carbons (Fsp3) is 0.789. The second-order valence-electron chi connectivity index (χ2n) is 7.70. The normalized spacial score (nSPS) is 27.0. The summed E-state index contributed by atoms with van der Waals surface area (Å²) in [5.74, 6) is 0.450. The molecule has 2 aliphatic heterocycles. The number of likely N-dealkylation sites (tertiary alicyclic amines) is 1. The smallest absolute Gasteiger partial charge is 0.248 e. The van der Waals surface area contributed by atoms with Gasteiger partial charge in [-0.05, 0) is 45.2 Å². The van der Waals surface area contributed by atoms with E-state index in [1.54, 1.807) is 0 Å². The van der Waals surface area contributed by atoms with Crippen molar-refractivity contribution in [2.45, 2.75) is 37.8 Å². The minimum absolute atomic E-state index is 0.0427. The first-order valence-corrected chi connectivity index (χ1v) is 9.66. The first-order valence-electron chi connectivity index (χ1n) is 9.66. The monoisotopic (exact) mass is 364 g/mol. The van der Waals surface area contributed by atoms with E-state index in [9.17, 15) is 4.79 Å². The summed E-state index contributed by atoms with van der Waals surface area (Å²) < 4.78 is 13.0. The molecule has 0 saturated carbocycles. The molecule has 0 aromatic carbocycles. The summed E-state index contributed by atoms with van der Waals surface area (Å²) >= 11 is 0. The molecule has 2 saturated heterocycles. The van der Waals surface area contributed by atoms with Crippen molar-refractivity contribution in [3.05, 3.63) is 18.0 Å². The van der Waals surface area contributed by atoms with Crippen LogP contribution in [0.4, 0.5) is 0 Å². The van der Waals surface area contributed by atoms with Gasteiger partial charge < -0.3 is 14.4 Å². The average Bonchev–Trinajstić information content (AvgIpc) is 3.26. The lowest BCUT2D eigenvalue weighted by molar-refractivity contribution is -0.137. The van der Waals surface area contributed by atoms with Gasteiger partial charge in [-0.3, -0.25) is 14.4 Å². The zero-order chi connectivity index (χ0) is 18.5. The van der Waals surface area contributed by atoms with Crippen LogP contribution in [0.5, 0.6) is 0 Å². The number of nitrogens with zero attached hydrogens (tertiary/aromatic N) is 4. The fourth-order valence-corrected chi connectivity index (χ4v) is 4.19. The van der Waals surface area contributed by atoms with Crippen LogP contribution in [-0.2, 0) is 21.3 Å². The molecule has 2 aliphatic rings. The molecule has 3 heterocycles. The number of rotatable bonds is 7. The highest BCUT2D eigenvalue weighted by molar-refractivity contribution is 5.77. The number of hydrogen-bond acceptors (Lipinski definition) is 5. The van der Waals surface area contributed by atoms with E-state index in [0.29, 0.717) is 18.6 Å². The van der Waals surface area contributed by atoms with Crippen LogP contribution in [0.25, 0.3) is 0 Å². The van der Waals surface area contributed by atoms with E-state index >= 15 is 0 Å². The van der Waals surface area contributed by atoms with Gasteiger partial charge in [0.1, 0.15) is 6.61 Å². The van der Waals surface area contributed by atoms with Crippen molar-refractivity contribution in [2.75, 3.05) is 47.0 Å². The number of likely N-dealkylation sites (N-methyl/N-ethyl adjacent to an activating group) is 1. The van der Waals surface area contributed by atoms with Gasteiger partial charge in [0.05, 0.1) is 18.9 Å². The summed E-state index contributed by atoms with van der Waals surface area (Å²) in [6.45, 7) is 3.29. The Balaban J connectivity index is 1.52. The topological polar surface area (TPSA) is 59.8 Å². The largest absolute Gasteiger partial charge is 0.376 e. The van der Waals surface area contributed by atoms with E-state index in [1.807, 2.05) is 29.9 Å². The number of aryl methyl sites for hydroxylation is 1. The SMILES string of the molecule is CN(C[C@@H]1CCCN(C)[C@H]1c1cnn(C)c1)C(=O)COC[C@@H]1CCCO1. The summed E-state index contributed by atoms with van der Waals surface area (Å²) in [5, 5.41) is 4.33. The highest BCUT2D eigenvalue weighted by Crippen LogP contribution is 2.35. The minimum Gasteiger partial charge on any atom is -0.376 e. The van der Waals surface area contributed by atoms with Crippen LogP contribution in [0.15, 0.2) is 12.4 Å². The van der Waals surface area contributed by atoms with E-state index in [4.69, 9.17) is 9.47 Å². The Hall–Kier alpha value is -1.44. The van der Waals surface area contributed by atoms with Crippen LogP contribution in [0.2, 0.25) is 0 Å². The summed E-state index contributed by atoms with van der Waals surface area (Å²) in [4.78, 5) is 16.7. The quantitative estimate of drug-likeness (QED) is 0.733. The van der Waals surface area contributed by atoms with Gasteiger partial charge in [0.2, 0.25) is 5.91 Å². The molecule has 1 amide bonds. The molecule has 0 bridgehead atoms. The molecule has 0 aliphatic carbocycles. The summed E-state index contributed by atoms with van der Waals surface area (Å²) in [7, 11) is 5.99. The van der Waals surface area contributed by atoms with Gasteiger partial charge in [0.25, 0.3) is 0 Å². The highest BCUT2D eigenvalue weighted by atomic mass is 16.5. The molecule has 26 heavy (non-hydrogen) atoms. The summed E-state index contributed by atoms with van der Waals surface area (Å²) in [5.41, 5.74) is 1.23. The predicted octanol–water partition coefficient (Wildman–Crippen LogP) is 1.46. The Morgan fingerprint density at radius 2 is 2.23 bits per heavy atom. The van der Waals surface area contributed by atoms with Crippen molar-refractivity contribution in [2.24, 2.45) is 13.0 Å². The number of ether oxygens (including phenoxy) is 2. The van der Waals surface area contributed by atoms with Gasteiger partial charge in [0.15, 0.2) is 0 Å².